The normalized spacial score (nSPS) is 13.0. The van der Waals surface area contributed by atoms with Crippen molar-refractivity contribution in [2.45, 2.75) is 26.5 Å². The Bertz CT molecular complexity index is 619. The number of aliphatic hydroxyl groups excluding tert-OH is 1. The van der Waals surface area contributed by atoms with E-state index in [0.717, 1.165) is 11.9 Å². The number of aromatic nitrogens is 1. The quantitative estimate of drug-likeness (QED) is 0.841. The first-order chi connectivity index (χ1) is 9.58. The van der Waals surface area contributed by atoms with Crippen LogP contribution in [0.2, 0.25) is 0 Å². The SMILES string of the molecule is CC(C)CNCC(O)Cn1ccc2ccccc2c1=O. The molecule has 2 rings (SSSR count). The van der Waals surface area contributed by atoms with Gasteiger partial charge in [-0.1, -0.05) is 32.0 Å². The van der Waals surface area contributed by atoms with Crippen molar-refractivity contribution in [2.24, 2.45) is 5.92 Å². The number of aliphatic hydroxyl groups is 1. The van der Waals surface area contributed by atoms with Gasteiger partial charge in [0, 0.05) is 18.1 Å². The summed E-state index contributed by atoms with van der Waals surface area (Å²) in [6.07, 6.45) is 1.18. The highest BCUT2D eigenvalue weighted by atomic mass is 16.3. The summed E-state index contributed by atoms with van der Waals surface area (Å²) in [5, 5.41) is 14.8. The maximum Gasteiger partial charge on any atom is 0.258 e. The van der Waals surface area contributed by atoms with Crippen LogP contribution in [0.4, 0.5) is 0 Å². The van der Waals surface area contributed by atoms with Crippen molar-refractivity contribution in [3.8, 4) is 0 Å². The van der Waals surface area contributed by atoms with E-state index in [-0.39, 0.29) is 5.56 Å². The second kappa shape index (κ2) is 6.68. The van der Waals surface area contributed by atoms with Gasteiger partial charge in [-0.25, -0.2) is 0 Å². The summed E-state index contributed by atoms with van der Waals surface area (Å²) in [5.74, 6) is 0.547. The number of pyridine rings is 1. The Morgan fingerprint density at radius 1 is 1.20 bits per heavy atom. The second-order valence-corrected chi connectivity index (χ2v) is 5.57. The Hall–Kier alpha value is -1.65. The van der Waals surface area contributed by atoms with Crippen LogP contribution in [0.15, 0.2) is 41.3 Å². The van der Waals surface area contributed by atoms with Gasteiger partial charge in [-0.15, -0.1) is 0 Å². The van der Waals surface area contributed by atoms with Crippen LogP contribution in [0.25, 0.3) is 10.8 Å². The predicted octanol–water partition coefficient (Wildman–Crippen LogP) is 1.61. The molecule has 2 N–H and O–H groups in total. The lowest BCUT2D eigenvalue weighted by Gasteiger charge is -2.15. The average molecular weight is 274 g/mol. The minimum Gasteiger partial charge on any atom is -0.390 e. The minimum absolute atomic E-state index is 0.0500. The first-order valence-corrected chi connectivity index (χ1v) is 7.05. The lowest BCUT2D eigenvalue weighted by atomic mass is 10.2. The molecule has 0 aliphatic heterocycles. The van der Waals surface area contributed by atoms with Crippen LogP contribution in [0, 0.1) is 5.92 Å². The highest BCUT2D eigenvalue weighted by molar-refractivity contribution is 5.81. The van der Waals surface area contributed by atoms with Crippen LogP contribution in [0.3, 0.4) is 0 Å². The monoisotopic (exact) mass is 274 g/mol. The third-order valence-electron chi connectivity index (χ3n) is 3.23. The zero-order valence-electron chi connectivity index (χ0n) is 12.0. The molecule has 1 aromatic heterocycles. The van der Waals surface area contributed by atoms with Crippen molar-refractivity contribution < 1.29 is 5.11 Å². The summed E-state index contributed by atoms with van der Waals surface area (Å²) in [4.78, 5) is 12.3. The molecule has 0 saturated heterocycles. The molecule has 4 heteroatoms. The van der Waals surface area contributed by atoms with Crippen molar-refractivity contribution in [1.29, 1.82) is 0 Å². The van der Waals surface area contributed by atoms with E-state index in [0.29, 0.717) is 24.4 Å². The minimum atomic E-state index is -0.562. The molecule has 108 valence electrons. The highest BCUT2D eigenvalue weighted by Crippen LogP contribution is 2.08. The van der Waals surface area contributed by atoms with Gasteiger partial charge in [0.1, 0.15) is 0 Å². The van der Waals surface area contributed by atoms with E-state index in [1.54, 1.807) is 10.8 Å². The summed E-state index contributed by atoms with van der Waals surface area (Å²) in [5.41, 5.74) is -0.0500. The average Bonchev–Trinajstić information content (AvgIpc) is 2.42. The zero-order valence-corrected chi connectivity index (χ0v) is 12.0. The van der Waals surface area contributed by atoms with E-state index >= 15 is 0 Å². The van der Waals surface area contributed by atoms with E-state index < -0.39 is 6.10 Å². The van der Waals surface area contributed by atoms with Gasteiger partial charge in [0.15, 0.2) is 0 Å². The molecular formula is C16H22N2O2. The fraction of sp³-hybridized carbons (Fsp3) is 0.438. The predicted molar refractivity (Wildman–Crippen MR) is 81.9 cm³/mol. The van der Waals surface area contributed by atoms with E-state index in [1.807, 2.05) is 30.3 Å². The maximum absolute atomic E-state index is 12.3. The number of nitrogens with zero attached hydrogens (tertiary/aromatic N) is 1. The largest absolute Gasteiger partial charge is 0.390 e. The fourth-order valence-corrected chi connectivity index (χ4v) is 2.20. The summed E-state index contributed by atoms with van der Waals surface area (Å²) in [6.45, 7) is 5.91. The second-order valence-electron chi connectivity index (χ2n) is 5.57. The molecule has 0 bridgehead atoms. The molecule has 1 aromatic carbocycles. The van der Waals surface area contributed by atoms with Crippen molar-refractivity contribution in [3.63, 3.8) is 0 Å². The number of benzene rings is 1. The molecule has 0 fully saturated rings. The Balaban J connectivity index is 2.06. The first kappa shape index (κ1) is 14.8. The topological polar surface area (TPSA) is 54.3 Å². The van der Waals surface area contributed by atoms with Crippen LogP contribution in [0.5, 0.6) is 0 Å². The Morgan fingerprint density at radius 3 is 2.70 bits per heavy atom. The van der Waals surface area contributed by atoms with Crippen LogP contribution < -0.4 is 10.9 Å². The molecule has 1 unspecified atom stereocenters. The molecule has 0 aliphatic carbocycles. The smallest absolute Gasteiger partial charge is 0.258 e. The van der Waals surface area contributed by atoms with Gasteiger partial charge >= 0.3 is 0 Å². The summed E-state index contributed by atoms with van der Waals surface area (Å²) in [6, 6.07) is 9.41. The van der Waals surface area contributed by atoms with Crippen molar-refractivity contribution in [3.05, 3.63) is 46.9 Å². The molecule has 20 heavy (non-hydrogen) atoms. The van der Waals surface area contributed by atoms with Gasteiger partial charge in [-0.2, -0.15) is 0 Å². The van der Waals surface area contributed by atoms with Crippen molar-refractivity contribution >= 4 is 10.8 Å². The number of nitrogens with one attached hydrogen (secondary N) is 1. The first-order valence-electron chi connectivity index (χ1n) is 7.05. The van der Waals surface area contributed by atoms with Crippen molar-refractivity contribution in [2.75, 3.05) is 13.1 Å². The fourth-order valence-electron chi connectivity index (χ4n) is 2.20. The van der Waals surface area contributed by atoms with Crippen LogP contribution >= 0.6 is 0 Å². The zero-order chi connectivity index (χ0) is 14.5. The Labute approximate surface area is 119 Å². The maximum atomic E-state index is 12.3. The molecule has 0 radical (unpaired) electrons. The lowest BCUT2D eigenvalue weighted by Crippen LogP contribution is -2.35. The van der Waals surface area contributed by atoms with E-state index in [1.165, 1.54) is 0 Å². The standard InChI is InChI=1S/C16H22N2O2/c1-12(2)9-17-10-14(19)11-18-8-7-13-5-3-4-6-15(13)16(18)20/h3-8,12,14,17,19H,9-11H2,1-2H3. The molecular weight excluding hydrogens is 252 g/mol. The molecule has 1 heterocycles. The van der Waals surface area contributed by atoms with Crippen LogP contribution in [-0.4, -0.2) is 28.9 Å². The third-order valence-corrected chi connectivity index (χ3v) is 3.23. The summed E-state index contributed by atoms with van der Waals surface area (Å²) in [7, 11) is 0. The van der Waals surface area contributed by atoms with Gasteiger partial charge in [-0.3, -0.25) is 4.79 Å². The molecule has 0 amide bonds. The number of hydrogen-bond acceptors (Lipinski definition) is 3. The van der Waals surface area contributed by atoms with Crippen LogP contribution in [-0.2, 0) is 6.54 Å². The van der Waals surface area contributed by atoms with Crippen LogP contribution in [0.1, 0.15) is 13.8 Å². The Kier molecular flexibility index (Phi) is 4.93. The van der Waals surface area contributed by atoms with Gasteiger partial charge in [-0.05, 0) is 30.0 Å². The molecule has 0 saturated carbocycles. The Morgan fingerprint density at radius 2 is 1.95 bits per heavy atom. The summed E-state index contributed by atoms with van der Waals surface area (Å²) >= 11 is 0. The lowest BCUT2D eigenvalue weighted by molar-refractivity contribution is 0.149. The van der Waals surface area contributed by atoms with Gasteiger partial charge < -0.3 is 15.0 Å². The third kappa shape index (κ3) is 3.68. The molecule has 4 nitrogen and oxygen atoms in total. The van der Waals surface area contributed by atoms with Gasteiger partial charge in [0.25, 0.3) is 5.56 Å². The number of rotatable bonds is 6. The molecule has 1 atom stereocenters. The molecule has 2 aromatic rings. The highest BCUT2D eigenvalue weighted by Gasteiger charge is 2.08. The molecule has 0 spiro atoms. The van der Waals surface area contributed by atoms with Gasteiger partial charge in [0.05, 0.1) is 12.6 Å². The number of hydrogen-bond donors (Lipinski definition) is 2. The molecule has 0 aliphatic rings. The number of fused-ring (bicyclic) bond motifs is 1. The van der Waals surface area contributed by atoms with E-state index in [9.17, 15) is 9.90 Å². The summed E-state index contributed by atoms with van der Waals surface area (Å²) < 4.78 is 1.57. The van der Waals surface area contributed by atoms with E-state index in [2.05, 4.69) is 19.2 Å². The van der Waals surface area contributed by atoms with Gasteiger partial charge in [0.2, 0.25) is 0 Å². The van der Waals surface area contributed by atoms with E-state index in [4.69, 9.17) is 0 Å². The van der Waals surface area contributed by atoms with Crippen molar-refractivity contribution in [1.82, 2.24) is 9.88 Å².